The van der Waals surface area contributed by atoms with Crippen molar-refractivity contribution >= 4 is 22.8 Å². The van der Waals surface area contributed by atoms with Crippen LogP contribution in [-0.2, 0) is 11.2 Å². The second-order valence-electron chi connectivity index (χ2n) is 6.98. The number of benzene rings is 1. The van der Waals surface area contributed by atoms with Crippen LogP contribution in [0.2, 0.25) is 0 Å². The predicted octanol–water partition coefficient (Wildman–Crippen LogP) is 2.46. The van der Waals surface area contributed by atoms with E-state index >= 15 is 0 Å². The van der Waals surface area contributed by atoms with E-state index in [9.17, 15) is 9.18 Å². The van der Waals surface area contributed by atoms with Gasteiger partial charge in [0.25, 0.3) is 0 Å². The minimum absolute atomic E-state index is 0.0934. The molecule has 4 N–H and O–H groups in total. The molecule has 1 aliphatic carbocycles. The summed E-state index contributed by atoms with van der Waals surface area (Å²) < 4.78 is 13.3. The zero-order chi connectivity index (χ0) is 19.1. The van der Waals surface area contributed by atoms with Crippen molar-refractivity contribution in [2.75, 3.05) is 20.1 Å². The van der Waals surface area contributed by atoms with Gasteiger partial charge in [0.1, 0.15) is 5.82 Å². The van der Waals surface area contributed by atoms with Crippen molar-refractivity contribution in [3.05, 3.63) is 35.8 Å². The van der Waals surface area contributed by atoms with E-state index in [1.807, 2.05) is 6.20 Å². The summed E-state index contributed by atoms with van der Waals surface area (Å²) in [4.78, 5) is 19.2. The molecule has 0 atom stereocenters. The number of hydrogen-bond donors (Lipinski definition) is 4. The fourth-order valence-corrected chi connectivity index (χ4v) is 3.57. The molecule has 1 amide bonds. The van der Waals surface area contributed by atoms with Crippen molar-refractivity contribution < 1.29 is 9.18 Å². The van der Waals surface area contributed by atoms with Crippen LogP contribution >= 0.6 is 0 Å². The Kier molecular flexibility index (Phi) is 6.68. The highest BCUT2D eigenvalue weighted by molar-refractivity contribution is 5.84. The van der Waals surface area contributed by atoms with Crippen molar-refractivity contribution in [1.29, 1.82) is 0 Å². The summed E-state index contributed by atoms with van der Waals surface area (Å²) in [6.07, 6.45) is 7.76. The van der Waals surface area contributed by atoms with Gasteiger partial charge in [-0.15, -0.1) is 0 Å². The van der Waals surface area contributed by atoms with Gasteiger partial charge in [-0.05, 0) is 43.0 Å². The maximum absolute atomic E-state index is 13.3. The van der Waals surface area contributed by atoms with Crippen LogP contribution in [0.15, 0.2) is 29.4 Å². The van der Waals surface area contributed by atoms with Gasteiger partial charge in [-0.25, -0.2) is 4.39 Å². The first kappa shape index (κ1) is 19.2. The van der Waals surface area contributed by atoms with Crippen molar-refractivity contribution in [2.45, 2.75) is 44.6 Å². The summed E-state index contributed by atoms with van der Waals surface area (Å²) in [5.74, 6) is 0.529. The van der Waals surface area contributed by atoms with E-state index in [0.29, 0.717) is 31.5 Å². The Bertz CT molecular complexity index is 795. The van der Waals surface area contributed by atoms with E-state index in [1.165, 1.54) is 25.0 Å². The van der Waals surface area contributed by atoms with Crippen LogP contribution in [0.4, 0.5) is 4.39 Å². The van der Waals surface area contributed by atoms with Gasteiger partial charge in [0.2, 0.25) is 5.91 Å². The van der Waals surface area contributed by atoms with Crippen LogP contribution < -0.4 is 16.0 Å². The lowest BCUT2D eigenvalue weighted by Gasteiger charge is -2.14. The number of hydrogen-bond acceptors (Lipinski definition) is 2. The summed E-state index contributed by atoms with van der Waals surface area (Å²) in [6.45, 7) is 1.24. The quantitative estimate of drug-likeness (QED) is 0.445. The summed E-state index contributed by atoms with van der Waals surface area (Å²) in [5.41, 5.74) is 1.93. The third kappa shape index (κ3) is 5.45. The Balaban J connectivity index is 1.38. The molecule has 0 spiro atoms. The van der Waals surface area contributed by atoms with Crippen molar-refractivity contribution in [3.8, 4) is 0 Å². The molecule has 0 aliphatic heterocycles. The van der Waals surface area contributed by atoms with Crippen LogP contribution in [0.3, 0.4) is 0 Å². The highest BCUT2D eigenvalue weighted by Gasteiger charge is 2.16. The zero-order valence-electron chi connectivity index (χ0n) is 15.8. The van der Waals surface area contributed by atoms with Gasteiger partial charge in [-0.3, -0.25) is 9.79 Å². The molecular weight excluding hydrogens is 345 g/mol. The topological polar surface area (TPSA) is 81.3 Å². The number of rotatable bonds is 7. The number of aromatic amines is 1. The van der Waals surface area contributed by atoms with E-state index in [2.05, 4.69) is 25.9 Å². The van der Waals surface area contributed by atoms with Gasteiger partial charge in [-0.2, -0.15) is 0 Å². The van der Waals surface area contributed by atoms with Crippen LogP contribution in [0.1, 0.15) is 37.7 Å². The predicted molar refractivity (Wildman–Crippen MR) is 106 cm³/mol. The largest absolute Gasteiger partial charge is 0.361 e. The first-order valence-electron chi connectivity index (χ1n) is 9.65. The number of halogens is 1. The van der Waals surface area contributed by atoms with Gasteiger partial charge in [0.15, 0.2) is 5.96 Å². The van der Waals surface area contributed by atoms with Crippen LogP contribution in [0, 0.1) is 5.82 Å². The second kappa shape index (κ2) is 9.39. The number of amides is 1. The van der Waals surface area contributed by atoms with Crippen molar-refractivity contribution in [3.63, 3.8) is 0 Å². The number of aliphatic imine (C=N–C) groups is 1. The molecule has 1 heterocycles. The maximum Gasteiger partial charge on any atom is 0.221 e. The zero-order valence-corrected chi connectivity index (χ0v) is 15.8. The molecule has 0 radical (unpaired) electrons. The fourth-order valence-electron chi connectivity index (χ4n) is 3.57. The molecule has 1 aromatic heterocycles. The smallest absolute Gasteiger partial charge is 0.221 e. The second-order valence-corrected chi connectivity index (χ2v) is 6.98. The Labute approximate surface area is 159 Å². The number of carbonyl (C=O) groups is 1. The average molecular weight is 373 g/mol. The molecular formula is C20H28FN5O. The SMILES string of the molecule is CN=C(NCCC(=O)NC1CCCC1)NCCc1c[nH]c2cc(F)ccc12. The third-order valence-corrected chi connectivity index (χ3v) is 5.00. The van der Waals surface area contributed by atoms with E-state index in [0.717, 1.165) is 35.7 Å². The summed E-state index contributed by atoms with van der Waals surface area (Å²) in [6, 6.07) is 5.14. The molecule has 0 bridgehead atoms. The first-order chi connectivity index (χ1) is 13.2. The van der Waals surface area contributed by atoms with Gasteiger partial charge >= 0.3 is 0 Å². The molecule has 0 unspecified atom stereocenters. The number of nitrogens with zero attached hydrogens (tertiary/aromatic N) is 1. The molecule has 7 heteroatoms. The number of carbonyl (C=O) groups excluding carboxylic acids is 1. The highest BCUT2D eigenvalue weighted by Crippen LogP contribution is 2.19. The van der Waals surface area contributed by atoms with Crippen molar-refractivity contribution in [2.24, 2.45) is 4.99 Å². The van der Waals surface area contributed by atoms with Gasteiger partial charge in [-0.1, -0.05) is 12.8 Å². The normalized spacial score (nSPS) is 15.3. The molecule has 1 aromatic carbocycles. The molecule has 1 saturated carbocycles. The Morgan fingerprint density at radius 3 is 2.81 bits per heavy atom. The molecule has 1 aliphatic rings. The number of nitrogens with one attached hydrogen (secondary N) is 4. The minimum Gasteiger partial charge on any atom is -0.361 e. The van der Waals surface area contributed by atoms with Gasteiger partial charge < -0.3 is 20.9 Å². The van der Waals surface area contributed by atoms with E-state index in [4.69, 9.17) is 0 Å². The minimum atomic E-state index is -0.240. The van der Waals surface area contributed by atoms with Gasteiger partial charge in [0, 0.05) is 49.7 Å². The number of H-pyrrole nitrogens is 1. The molecule has 0 saturated heterocycles. The van der Waals surface area contributed by atoms with Crippen LogP contribution in [0.25, 0.3) is 10.9 Å². The molecule has 2 aromatic rings. The maximum atomic E-state index is 13.3. The summed E-state index contributed by atoms with van der Waals surface area (Å²) in [5, 5.41) is 10.5. The lowest BCUT2D eigenvalue weighted by molar-refractivity contribution is -0.121. The van der Waals surface area contributed by atoms with Crippen LogP contribution in [-0.4, -0.2) is 43.0 Å². The van der Waals surface area contributed by atoms with E-state index < -0.39 is 0 Å². The first-order valence-corrected chi connectivity index (χ1v) is 9.65. The monoisotopic (exact) mass is 373 g/mol. The lowest BCUT2D eigenvalue weighted by Crippen LogP contribution is -2.41. The van der Waals surface area contributed by atoms with Crippen molar-refractivity contribution in [1.82, 2.24) is 20.9 Å². The summed E-state index contributed by atoms with van der Waals surface area (Å²) in [7, 11) is 1.71. The molecule has 1 fully saturated rings. The number of fused-ring (bicyclic) bond motifs is 1. The van der Waals surface area contributed by atoms with Crippen LogP contribution in [0.5, 0.6) is 0 Å². The number of aromatic nitrogens is 1. The lowest BCUT2D eigenvalue weighted by atomic mass is 10.1. The third-order valence-electron chi connectivity index (χ3n) is 5.00. The Morgan fingerprint density at radius 1 is 1.26 bits per heavy atom. The van der Waals surface area contributed by atoms with E-state index in [-0.39, 0.29) is 11.7 Å². The molecule has 146 valence electrons. The number of guanidine groups is 1. The average Bonchev–Trinajstić information content (AvgIpc) is 3.30. The highest BCUT2D eigenvalue weighted by atomic mass is 19.1. The van der Waals surface area contributed by atoms with E-state index in [1.54, 1.807) is 13.1 Å². The fraction of sp³-hybridized carbons (Fsp3) is 0.500. The van der Waals surface area contributed by atoms with Gasteiger partial charge in [0.05, 0.1) is 0 Å². The Morgan fingerprint density at radius 2 is 2.04 bits per heavy atom. The standard InChI is InChI=1S/C20H28FN5O/c1-22-20(24-11-9-19(27)26-16-4-2-3-5-16)23-10-8-14-13-25-18-12-15(21)6-7-17(14)18/h6-7,12-13,16,25H,2-5,8-11H2,1H3,(H,26,27)(H2,22,23,24). The Hall–Kier alpha value is -2.57. The molecule has 6 nitrogen and oxygen atoms in total. The summed E-state index contributed by atoms with van der Waals surface area (Å²) >= 11 is 0. The molecule has 3 rings (SSSR count). The molecule has 27 heavy (non-hydrogen) atoms.